The second kappa shape index (κ2) is 7.66. The van der Waals surface area contributed by atoms with Crippen molar-refractivity contribution in [3.63, 3.8) is 0 Å². The molecule has 0 aliphatic rings. The molecule has 3 aromatic rings. The molecule has 130 valence electrons. The van der Waals surface area contributed by atoms with Crippen LogP contribution < -0.4 is 11.1 Å². The standard InChI is InChI=1S/C22H21N3O/c1-15-5-2-3-8-20(15)18-6-4-7-19(13-18)22(26)25-14-16-9-11-17(12-10-16)21(23)24/h2-13H,14H2,1H3,(H3,23,24)(H,25,26). The lowest BCUT2D eigenvalue weighted by Gasteiger charge is -2.09. The van der Waals surface area contributed by atoms with E-state index in [0.29, 0.717) is 17.7 Å². The average Bonchev–Trinajstić information content (AvgIpc) is 2.67. The quantitative estimate of drug-likeness (QED) is 0.485. The minimum Gasteiger partial charge on any atom is -0.384 e. The van der Waals surface area contributed by atoms with Gasteiger partial charge < -0.3 is 11.1 Å². The SMILES string of the molecule is Cc1ccccc1-c1cccc(C(=O)NCc2ccc(C(=N)N)cc2)c1. The molecule has 0 unspecified atom stereocenters. The van der Waals surface area contributed by atoms with Gasteiger partial charge in [-0.3, -0.25) is 10.2 Å². The van der Waals surface area contributed by atoms with E-state index < -0.39 is 0 Å². The lowest BCUT2D eigenvalue weighted by Crippen LogP contribution is -2.22. The van der Waals surface area contributed by atoms with Gasteiger partial charge >= 0.3 is 0 Å². The highest BCUT2D eigenvalue weighted by Crippen LogP contribution is 2.23. The smallest absolute Gasteiger partial charge is 0.251 e. The maximum atomic E-state index is 12.5. The number of carbonyl (C=O) groups is 1. The van der Waals surface area contributed by atoms with Crippen LogP contribution in [0.15, 0.2) is 72.8 Å². The van der Waals surface area contributed by atoms with Crippen molar-refractivity contribution in [3.05, 3.63) is 95.1 Å². The van der Waals surface area contributed by atoms with Crippen LogP contribution in [0.1, 0.15) is 27.0 Å². The summed E-state index contributed by atoms with van der Waals surface area (Å²) in [6.45, 7) is 2.48. The van der Waals surface area contributed by atoms with Gasteiger partial charge in [0.05, 0.1) is 0 Å². The van der Waals surface area contributed by atoms with Crippen LogP contribution in [0.5, 0.6) is 0 Å². The molecule has 4 heteroatoms. The first-order valence-corrected chi connectivity index (χ1v) is 8.42. The van der Waals surface area contributed by atoms with Crippen LogP contribution >= 0.6 is 0 Å². The number of carbonyl (C=O) groups excluding carboxylic acids is 1. The Bertz CT molecular complexity index is 946. The second-order valence-corrected chi connectivity index (χ2v) is 6.19. The summed E-state index contributed by atoms with van der Waals surface area (Å²) in [6, 6.07) is 23.1. The Morgan fingerprint density at radius 3 is 2.38 bits per heavy atom. The molecule has 0 radical (unpaired) electrons. The number of nitrogen functional groups attached to an aromatic ring is 1. The number of nitrogens with one attached hydrogen (secondary N) is 2. The number of amidine groups is 1. The van der Waals surface area contributed by atoms with Crippen LogP contribution in [-0.2, 0) is 6.54 Å². The Hall–Kier alpha value is -3.40. The van der Waals surface area contributed by atoms with Gasteiger partial charge in [-0.15, -0.1) is 0 Å². The molecule has 0 aliphatic heterocycles. The van der Waals surface area contributed by atoms with E-state index in [9.17, 15) is 4.79 Å². The van der Waals surface area contributed by atoms with E-state index in [1.807, 2.05) is 48.5 Å². The van der Waals surface area contributed by atoms with Gasteiger partial charge in [0.1, 0.15) is 5.84 Å². The molecule has 4 nitrogen and oxygen atoms in total. The molecule has 3 aromatic carbocycles. The summed E-state index contributed by atoms with van der Waals surface area (Å²) >= 11 is 0. The molecule has 0 heterocycles. The summed E-state index contributed by atoms with van der Waals surface area (Å²) in [5, 5.41) is 10.3. The van der Waals surface area contributed by atoms with E-state index in [4.69, 9.17) is 11.1 Å². The summed E-state index contributed by atoms with van der Waals surface area (Å²) in [7, 11) is 0. The minimum atomic E-state index is -0.115. The van der Waals surface area contributed by atoms with Crippen LogP contribution in [0.2, 0.25) is 0 Å². The lowest BCUT2D eigenvalue weighted by atomic mass is 9.99. The van der Waals surface area contributed by atoms with E-state index in [0.717, 1.165) is 16.7 Å². The van der Waals surface area contributed by atoms with Crippen molar-refractivity contribution >= 4 is 11.7 Å². The summed E-state index contributed by atoms with van der Waals surface area (Å²) in [5.41, 5.74) is 11.0. The van der Waals surface area contributed by atoms with Gasteiger partial charge in [-0.1, -0.05) is 60.7 Å². The van der Waals surface area contributed by atoms with Gasteiger partial charge in [0.2, 0.25) is 0 Å². The molecule has 0 fully saturated rings. The fraction of sp³-hybridized carbons (Fsp3) is 0.0909. The highest BCUT2D eigenvalue weighted by atomic mass is 16.1. The zero-order chi connectivity index (χ0) is 18.5. The van der Waals surface area contributed by atoms with Crippen molar-refractivity contribution in [1.29, 1.82) is 5.41 Å². The maximum absolute atomic E-state index is 12.5. The normalized spacial score (nSPS) is 10.3. The first-order chi connectivity index (χ1) is 12.5. The van der Waals surface area contributed by atoms with Crippen LogP contribution in [0.4, 0.5) is 0 Å². The Labute approximate surface area is 153 Å². The van der Waals surface area contributed by atoms with Crippen LogP contribution in [0.3, 0.4) is 0 Å². The minimum absolute atomic E-state index is 0.0357. The Morgan fingerprint density at radius 1 is 0.962 bits per heavy atom. The van der Waals surface area contributed by atoms with Crippen molar-refractivity contribution in [3.8, 4) is 11.1 Å². The third-order valence-electron chi connectivity index (χ3n) is 4.30. The second-order valence-electron chi connectivity index (χ2n) is 6.19. The van der Waals surface area contributed by atoms with Crippen LogP contribution in [0.25, 0.3) is 11.1 Å². The highest BCUT2D eigenvalue weighted by Gasteiger charge is 2.08. The fourth-order valence-corrected chi connectivity index (χ4v) is 2.81. The summed E-state index contributed by atoms with van der Waals surface area (Å²) < 4.78 is 0. The molecule has 0 spiro atoms. The van der Waals surface area contributed by atoms with Crippen LogP contribution in [0, 0.1) is 12.3 Å². The molecule has 0 atom stereocenters. The van der Waals surface area contributed by atoms with E-state index in [1.54, 1.807) is 12.1 Å². The number of rotatable bonds is 5. The zero-order valence-corrected chi connectivity index (χ0v) is 14.6. The monoisotopic (exact) mass is 343 g/mol. The van der Waals surface area contributed by atoms with Crippen molar-refractivity contribution in [1.82, 2.24) is 5.32 Å². The predicted molar refractivity (Wildman–Crippen MR) is 105 cm³/mol. The summed E-state index contributed by atoms with van der Waals surface area (Å²) in [6.07, 6.45) is 0. The maximum Gasteiger partial charge on any atom is 0.251 e. The number of nitrogens with two attached hydrogens (primary N) is 1. The predicted octanol–water partition coefficient (Wildman–Crippen LogP) is 3.88. The van der Waals surface area contributed by atoms with Gasteiger partial charge in [-0.05, 0) is 41.3 Å². The van der Waals surface area contributed by atoms with E-state index in [-0.39, 0.29) is 11.7 Å². The zero-order valence-electron chi connectivity index (χ0n) is 14.6. The van der Waals surface area contributed by atoms with Gasteiger partial charge in [-0.2, -0.15) is 0 Å². The van der Waals surface area contributed by atoms with Crippen molar-refractivity contribution in [2.75, 3.05) is 0 Å². The number of hydrogen-bond donors (Lipinski definition) is 3. The molecule has 4 N–H and O–H groups in total. The van der Waals surface area contributed by atoms with E-state index in [1.165, 1.54) is 5.56 Å². The Balaban J connectivity index is 1.71. The molecular weight excluding hydrogens is 322 g/mol. The van der Waals surface area contributed by atoms with Gasteiger partial charge in [0.25, 0.3) is 5.91 Å². The Morgan fingerprint density at radius 2 is 1.69 bits per heavy atom. The molecule has 0 aliphatic carbocycles. The lowest BCUT2D eigenvalue weighted by molar-refractivity contribution is 0.0951. The van der Waals surface area contributed by atoms with Crippen LogP contribution in [-0.4, -0.2) is 11.7 Å². The molecule has 0 saturated carbocycles. The average molecular weight is 343 g/mol. The highest BCUT2D eigenvalue weighted by molar-refractivity contribution is 5.96. The van der Waals surface area contributed by atoms with Gasteiger partial charge in [-0.25, -0.2) is 0 Å². The molecule has 0 saturated heterocycles. The number of hydrogen-bond acceptors (Lipinski definition) is 2. The molecule has 0 aromatic heterocycles. The number of benzene rings is 3. The molecule has 3 rings (SSSR count). The number of aryl methyl sites for hydroxylation is 1. The summed E-state index contributed by atoms with van der Waals surface area (Å²) in [5.74, 6) is -0.0790. The summed E-state index contributed by atoms with van der Waals surface area (Å²) in [4.78, 5) is 12.5. The molecule has 1 amide bonds. The third-order valence-corrected chi connectivity index (χ3v) is 4.30. The Kier molecular flexibility index (Phi) is 5.13. The largest absolute Gasteiger partial charge is 0.384 e. The van der Waals surface area contributed by atoms with Gasteiger partial charge in [0, 0.05) is 17.7 Å². The molecule has 0 bridgehead atoms. The van der Waals surface area contributed by atoms with E-state index in [2.05, 4.69) is 24.4 Å². The van der Waals surface area contributed by atoms with Crippen molar-refractivity contribution < 1.29 is 4.79 Å². The van der Waals surface area contributed by atoms with Gasteiger partial charge in [0.15, 0.2) is 0 Å². The molecular formula is C22H21N3O. The first kappa shape index (κ1) is 17.4. The van der Waals surface area contributed by atoms with Crippen molar-refractivity contribution in [2.45, 2.75) is 13.5 Å². The number of amides is 1. The first-order valence-electron chi connectivity index (χ1n) is 8.42. The molecule has 26 heavy (non-hydrogen) atoms. The topological polar surface area (TPSA) is 79.0 Å². The van der Waals surface area contributed by atoms with Crippen molar-refractivity contribution in [2.24, 2.45) is 5.73 Å². The third kappa shape index (κ3) is 3.98. The van der Waals surface area contributed by atoms with E-state index >= 15 is 0 Å². The fourth-order valence-electron chi connectivity index (χ4n) is 2.81.